The lowest BCUT2D eigenvalue weighted by Gasteiger charge is -2.65. The van der Waals surface area contributed by atoms with Gasteiger partial charge >= 0.3 is 5.97 Å². The summed E-state index contributed by atoms with van der Waals surface area (Å²) in [6, 6.07) is 9.66. The van der Waals surface area contributed by atoms with Crippen molar-refractivity contribution in [2.75, 3.05) is 7.11 Å². The van der Waals surface area contributed by atoms with Crippen molar-refractivity contribution in [1.82, 2.24) is 0 Å². The first-order valence-corrected chi connectivity index (χ1v) is 16.4. The van der Waals surface area contributed by atoms with Crippen molar-refractivity contribution in [3.8, 4) is 0 Å². The van der Waals surface area contributed by atoms with E-state index in [0.717, 1.165) is 43.9 Å². The summed E-state index contributed by atoms with van der Waals surface area (Å²) < 4.78 is 12.6. The van der Waals surface area contributed by atoms with Gasteiger partial charge in [-0.3, -0.25) is 0 Å². The van der Waals surface area contributed by atoms with Crippen molar-refractivity contribution in [1.29, 1.82) is 0 Å². The van der Waals surface area contributed by atoms with Crippen LogP contribution in [0.3, 0.4) is 0 Å². The van der Waals surface area contributed by atoms with E-state index in [1.54, 1.807) is 5.57 Å². The van der Waals surface area contributed by atoms with Crippen molar-refractivity contribution in [2.45, 2.75) is 118 Å². The molecule has 222 valence electrons. The van der Waals surface area contributed by atoms with Crippen LogP contribution >= 0.6 is 0 Å². The van der Waals surface area contributed by atoms with E-state index in [1.165, 1.54) is 25.7 Å². The smallest absolute Gasteiger partial charge is 0.338 e. The number of allylic oxidation sites excluding steroid dienone is 1. The SMILES string of the molecule is CO[C@@H]1CC[C@]2(C)[C@@H](CC=C3[C@@H]4CC[C@H]([C@H](C)CC[C@H](C)C(C)C)[C@@]4(C)C[C@@H](OC(=O)c4ccccc4)[C@@]32C)C1. The Kier molecular flexibility index (Phi) is 8.39. The van der Waals surface area contributed by atoms with E-state index in [4.69, 9.17) is 9.47 Å². The Morgan fingerprint density at radius 2 is 1.73 bits per heavy atom. The molecule has 3 fully saturated rings. The van der Waals surface area contributed by atoms with Crippen LogP contribution < -0.4 is 0 Å². The number of ether oxygens (including phenoxy) is 2. The summed E-state index contributed by atoms with van der Waals surface area (Å²) in [7, 11) is 1.87. The van der Waals surface area contributed by atoms with E-state index >= 15 is 0 Å². The molecule has 4 aliphatic carbocycles. The van der Waals surface area contributed by atoms with Crippen LogP contribution in [0.4, 0.5) is 0 Å². The molecule has 0 amide bonds. The quantitative estimate of drug-likeness (QED) is 0.240. The zero-order chi connectivity index (χ0) is 28.9. The Morgan fingerprint density at radius 3 is 2.40 bits per heavy atom. The molecule has 40 heavy (non-hydrogen) atoms. The summed E-state index contributed by atoms with van der Waals surface area (Å²) in [5.41, 5.74) is 2.43. The number of rotatable bonds is 8. The van der Waals surface area contributed by atoms with Gasteiger partial charge in [0.25, 0.3) is 0 Å². The highest BCUT2D eigenvalue weighted by Gasteiger charge is 2.67. The van der Waals surface area contributed by atoms with Gasteiger partial charge in [-0.2, -0.15) is 0 Å². The summed E-state index contributed by atoms with van der Waals surface area (Å²) in [5.74, 6) is 3.88. The summed E-state index contributed by atoms with van der Waals surface area (Å²) in [6.07, 6.45) is 13.5. The lowest BCUT2D eigenvalue weighted by molar-refractivity contribution is -0.157. The maximum atomic E-state index is 13.7. The summed E-state index contributed by atoms with van der Waals surface area (Å²) in [5, 5.41) is 0. The number of benzene rings is 1. The van der Waals surface area contributed by atoms with E-state index in [0.29, 0.717) is 35.3 Å². The second kappa shape index (κ2) is 11.2. The molecular weight excluding hydrogens is 492 g/mol. The molecule has 0 bridgehead atoms. The fourth-order valence-corrected chi connectivity index (χ4v) is 10.1. The zero-order valence-electron chi connectivity index (χ0n) is 26.7. The molecule has 3 nitrogen and oxygen atoms in total. The molecule has 0 N–H and O–H groups in total. The molecule has 0 saturated heterocycles. The third kappa shape index (κ3) is 4.81. The van der Waals surface area contributed by atoms with E-state index in [-0.39, 0.29) is 28.3 Å². The molecule has 0 aliphatic heterocycles. The minimum Gasteiger partial charge on any atom is -0.458 e. The van der Waals surface area contributed by atoms with Crippen molar-refractivity contribution in [2.24, 2.45) is 51.8 Å². The third-order valence-corrected chi connectivity index (χ3v) is 13.4. The van der Waals surface area contributed by atoms with Gasteiger partial charge in [0.1, 0.15) is 6.10 Å². The zero-order valence-corrected chi connectivity index (χ0v) is 26.7. The van der Waals surface area contributed by atoms with Gasteiger partial charge < -0.3 is 9.47 Å². The van der Waals surface area contributed by atoms with Gasteiger partial charge in [0.2, 0.25) is 0 Å². The minimum atomic E-state index is -0.155. The molecule has 0 heterocycles. The molecule has 0 aromatic heterocycles. The standard InChI is InChI=1S/C37H56O3/c1-24(2)25(3)14-15-26(4)30-18-19-31-32-17-16-28-22-29(39-8)20-21-36(28,6)37(32,7)33(23-35(30,31)5)40-34(38)27-12-10-9-11-13-27/h9-13,17,24-26,28-31,33H,14-16,18-23H2,1-8H3/t25-,26+,28-,29+,30+,31-,33+,35+,36+,37+/m0/s1. The van der Waals surface area contributed by atoms with Crippen LogP contribution in [0.2, 0.25) is 0 Å². The molecule has 3 saturated carbocycles. The third-order valence-electron chi connectivity index (χ3n) is 13.4. The molecular formula is C37H56O3. The van der Waals surface area contributed by atoms with Crippen LogP contribution in [0.15, 0.2) is 42.0 Å². The molecule has 3 heteroatoms. The molecule has 0 spiro atoms. The maximum Gasteiger partial charge on any atom is 0.338 e. The average Bonchev–Trinajstić information content (AvgIpc) is 3.28. The van der Waals surface area contributed by atoms with Gasteiger partial charge in [-0.15, -0.1) is 0 Å². The van der Waals surface area contributed by atoms with Crippen molar-refractivity contribution >= 4 is 5.97 Å². The number of hydrogen-bond donors (Lipinski definition) is 0. The number of esters is 1. The summed E-state index contributed by atoms with van der Waals surface area (Å²) >= 11 is 0. The summed E-state index contributed by atoms with van der Waals surface area (Å²) in [6.45, 7) is 17.2. The van der Waals surface area contributed by atoms with Crippen LogP contribution in [-0.4, -0.2) is 25.3 Å². The highest BCUT2D eigenvalue weighted by molar-refractivity contribution is 5.89. The van der Waals surface area contributed by atoms with Crippen molar-refractivity contribution in [3.05, 3.63) is 47.5 Å². The second-order valence-corrected chi connectivity index (χ2v) is 15.3. The lowest BCUT2D eigenvalue weighted by Crippen LogP contribution is -2.62. The predicted molar refractivity (Wildman–Crippen MR) is 164 cm³/mol. The largest absolute Gasteiger partial charge is 0.458 e. The highest BCUT2D eigenvalue weighted by Crippen LogP contribution is 2.72. The summed E-state index contributed by atoms with van der Waals surface area (Å²) in [4.78, 5) is 13.7. The van der Waals surface area contributed by atoms with E-state index in [1.807, 2.05) is 37.4 Å². The number of fused-ring (bicyclic) bond motifs is 5. The number of carbonyl (C=O) groups excluding carboxylic acids is 1. The van der Waals surface area contributed by atoms with E-state index < -0.39 is 0 Å². The fourth-order valence-electron chi connectivity index (χ4n) is 10.1. The van der Waals surface area contributed by atoms with Gasteiger partial charge in [0.15, 0.2) is 0 Å². The Hall–Kier alpha value is -1.61. The predicted octanol–water partition coefficient (Wildman–Crippen LogP) is 9.51. The molecule has 1 aromatic rings. The molecule has 4 aliphatic rings. The first-order chi connectivity index (χ1) is 19.0. The van der Waals surface area contributed by atoms with Gasteiger partial charge in [-0.25, -0.2) is 4.79 Å². The first-order valence-electron chi connectivity index (χ1n) is 16.4. The Balaban J connectivity index is 1.50. The monoisotopic (exact) mass is 548 g/mol. The van der Waals surface area contributed by atoms with Gasteiger partial charge in [-0.1, -0.05) is 91.2 Å². The molecule has 0 radical (unpaired) electrons. The van der Waals surface area contributed by atoms with Gasteiger partial charge in [0, 0.05) is 12.5 Å². The van der Waals surface area contributed by atoms with E-state index in [9.17, 15) is 4.79 Å². The van der Waals surface area contributed by atoms with Crippen molar-refractivity contribution < 1.29 is 14.3 Å². The topological polar surface area (TPSA) is 35.5 Å². The Morgan fingerprint density at radius 1 is 1.00 bits per heavy atom. The highest BCUT2D eigenvalue weighted by atomic mass is 16.5. The molecule has 0 unspecified atom stereocenters. The Bertz CT molecular complexity index is 1080. The second-order valence-electron chi connectivity index (χ2n) is 15.3. The van der Waals surface area contributed by atoms with Crippen LogP contribution in [0.1, 0.15) is 117 Å². The Labute approximate surface area is 244 Å². The van der Waals surface area contributed by atoms with Gasteiger partial charge in [0.05, 0.1) is 11.7 Å². The lowest BCUT2D eigenvalue weighted by atomic mass is 9.40. The molecule has 5 rings (SSSR count). The molecule has 10 atom stereocenters. The maximum absolute atomic E-state index is 13.7. The van der Waals surface area contributed by atoms with Crippen molar-refractivity contribution in [3.63, 3.8) is 0 Å². The number of methoxy groups -OCH3 is 1. The van der Waals surface area contributed by atoms with Gasteiger partial charge in [-0.05, 0) is 103 Å². The molecule has 1 aromatic carbocycles. The van der Waals surface area contributed by atoms with E-state index in [2.05, 4.69) is 54.5 Å². The minimum absolute atomic E-state index is 0.103. The average molecular weight is 549 g/mol. The van der Waals surface area contributed by atoms with Crippen LogP contribution in [0.25, 0.3) is 0 Å². The first kappa shape index (κ1) is 29.9. The van der Waals surface area contributed by atoms with Crippen LogP contribution in [0.5, 0.6) is 0 Å². The number of carbonyl (C=O) groups is 1. The van der Waals surface area contributed by atoms with Crippen LogP contribution in [-0.2, 0) is 9.47 Å². The van der Waals surface area contributed by atoms with Crippen LogP contribution in [0, 0.1) is 51.8 Å². The number of hydrogen-bond acceptors (Lipinski definition) is 3. The normalized spacial score (nSPS) is 40.4. The fraction of sp³-hybridized carbons (Fsp3) is 0.757.